The highest BCUT2D eigenvalue weighted by atomic mass is 35.5. The summed E-state index contributed by atoms with van der Waals surface area (Å²) in [6.45, 7) is 6.58. The van der Waals surface area contributed by atoms with Crippen molar-refractivity contribution in [3.8, 4) is 0 Å². The minimum Gasteiger partial charge on any atom is -0.375 e. The third-order valence-electron chi connectivity index (χ3n) is 5.30. The van der Waals surface area contributed by atoms with E-state index >= 15 is 0 Å². The van der Waals surface area contributed by atoms with Crippen LogP contribution < -0.4 is 16.0 Å². The Hall–Kier alpha value is -1.38. The number of hydrogen-bond donors (Lipinski definition) is 3. The molecule has 2 saturated heterocycles. The smallest absolute Gasteiger partial charge is 0.246 e. The number of amides is 3. The van der Waals surface area contributed by atoms with Crippen molar-refractivity contribution in [2.75, 3.05) is 39.9 Å². The molecule has 3 amide bonds. The Morgan fingerprint density at radius 3 is 2.57 bits per heavy atom. The van der Waals surface area contributed by atoms with Gasteiger partial charge in [0.05, 0.1) is 6.04 Å². The van der Waals surface area contributed by atoms with Gasteiger partial charge in [-0.3, -0.25) is 14.4 Å². The van der Waals surface area contributed by atoms with Crippen LogP contribution in [-0.2, 0) is 19.1 Å². The number of ether oxygens (including phenoxy) is 1. The summed E-state index contributed by atoms with van der Waals surface area (Å²) < 4.78 is 4.84. The highest BCUT2D eigenvalue weighted by molar-refractivity contribution is 5.88. The van der Waals surface area contributed by atoms with E-state index in [0.29, 0.717) is 19.6 Å². The van der Waals surface area contributed by atoms with Gasteiger partial charge in [-0.15, -0.1) is 12.4 Å². The molecule has 0 aromatic rings. The van der Waals surface area contributed by atoms with Gasteiger partial charge in [0, 0.05) is 26.7 Å². The van der Waals surface area contributed by atoms with Gasteiger partial charge in [-0.05, 0) is 44.1 Å². The largest absolute Gasteiger partial charge is 0.375 e. The fourth-order valence-corrected chi connectivity index (χ4v) is 3.76. The van der Waals surface area contributed by atoms with Crippen molar-refractivity contribution in [3.05, 3.63) is 0 Å². The summed E-state index contributed by atoms with van der Waals surface area (Å²) >= 11 is 0. The zero-order valence-corrected chi connectivity index (χ0v) is 18.0. The molecular formula is C19H35ClN4O4. The number of nitrogens with zero attached hydrogens (tertiary/aromatic N) is 1. The SMILES string of the molecule is COCC(=O)N[C@H](C(=O)N1CCCC(CNC(=O)C2CCCN2)C1)C(C)C.Cl. The van der Waals surface area contributed by atoms with Crippen LogP contribution in [0.3, 0.4) is 0 Å². The van der Waals surface area contributed by atoms with Crippen LogP contribution in [-0.4, -0.2) is 74.6 Å². The molecule has 3 N–H and O–H groups in total. The molecule has 2 fully saturated rings. The first-order valence-electron chi connectivity index (χ1n) is 10.0. The van der Waals surface area contributed by atoms with Crippen molar-refractivity contribution in [3.63, 3.8) is 0 Å². The number of carbonyl (C=O) groups is 3. The molecule has 0 saturated carbocycles. The first-order chi connectivity index (χ1) is 12.9. The molecule has 0 aliphatic carbocycles. The van der Waals surface area contributed by atoms with Gasteiger partial charge >= 0.3 is 0 Å². The van der Waals surface area contributed by atoms with E-state index in [4.69, 9.17) is 4.74 Å². The summed E-state index contributed by atoms with van der Waals surface area (Å²) in [4.78, 5) is 38.8. The van der Waals surface area contributed by atoms with Crippen LogP contribution in [0.1, 0.15) is 39.5 Å². The molecule has 28 heavy (non-hydrogen) atoms. The van der Waals surface area contributed by atoms with E-state index in [1.807, 2.05) is 18.7 Å². The molecule has 162 valence electrons. The Kier molecular flexibility index (Phi) is 10.8. The van der Waals surface area contributed by atoms with E-state index in [-0.39, 0.29) is 54.6 Å². The maximum Gasteiger partial charge on any atom is 0.246 e. The molecule has 2 heterocycles. The van der Waals surface area contributed by atoms with Crippen LogP contribution in [0.4, 0.5) is 0 Å². The van der Waals surface area contributed by atoms with E-state index in [2.05, 4.69) is 16.0 Å². The van der Waals surface area contributed by atoms with Crippen molar-refractivity contribution >= 4 is 30.1 Å². The van der Waals surface area contributed by atoms with Gasteiger partial charge in [0.25, 0.3) is 0 Å². The fourth-order valence-electron chi connectivity index (χ4n) is 3.76. The second-order valence-corrected chi connectivity index (χ2v) is 7.91. The minimum absolute atomic E-state index is 0. The zero-order valence-electron chi connectivity index (χ0n) is 17.2. The van der Waals surface area contributed by atoms with Crippen molar-refractivity contribution in [2.24, 2.45) is 11.8 Å². The molecule has 0 bridgehead atoms. The number of nitrogens with one attached hydrogen (secondary N) is 3. The molecular weight excluding hydrogens is 384 g/mol. The number of hydrogen-bond acceptors (Lipinski definition) is 5. The third kappa shape index (κ3) is 7.22. The number of carbonyl (C=O) groups excluding carboxylic acids is 3. The maximum absolute atomic E-state index is 12.9. The summed E-state index contributed by atoms with van der Waals surface area (Å²) in [6, 6.07) is -0.628. The van der Waals surface area contributed by atoms with Crippen LogP contribution >= 0.6 is 12.4 Å². The van der Waals surface area contributed by atoms with Gasteiger partial charge in [0.2, 0.25) is 17.7 Å². The minimum atomic E-state index is -0.552. The summed E-state index contributed by atoms with van der Waals surface area (Å²) in [5, 5.41) is 9.01. The molecule has 2 aliphatic heterocycles. The lowest BCUT2D eigenvalue weighted by Crippen LogP contribution is -2.55. The quantitative estimate of drug-likeness (QED) is 0.526. The van der Waals surface area contributed by atoms with Crippen molar-refractivity contribution in [1.29, 1.82) is 0 Å². The first kappa shape index (κ1) is 24.7. The second-order valence-electron chi connectivity index (χ2n) is 7.91. The van der Waals surface area contributed by atoms with Gasteiger partial charge < -0.3 is 25.6 Å². The number of halogens is 1. The second kappa shape index (κ2) is 12.2. The standard InChI is InChI=1S/C19H34N4O4.ClH/c1-13(2)17(22-16(24)12-27-3)19(26)23-9-5-6-14(11-23)10-21-18(25)15-7-4-8-20-15;/h13-15,17,20H,4-12H2,1-3H3,(H,21,25)(H,22,24);1H/t14?,15?,17-;/m0./s1. The summed E-state index contributed by atoms with van der Waals surface area (Å²) in [5.74, 6) is -0.0393. The molecule has 2 unspecified atom stereocenters. The van der Waals surface area contributed by atoms with Crippen molar-refractivity contribution < 1.29 is 19.1 Å². The van der Waals surface area contributed by atoms with Crippen LogP contribution in [0.15, 0.2) is 0 Å². The lowest BCUT2D eigenvalue weighted by molar-refractivity contribution is -0.140. The van der Waals surface area contributed by atoms with Crippen LogP contribution in [0.2, 0.25) is 0 Å². The lowest BCUT2D eigenvalue weighted by atomic mass is 9.95. The predicted molar refractivity (Wildman–Crippen MR) is 109 cm³/mol. The maximum atomic E-state index is 12.9. The topological polar surface area (TPSA) is 99.8 Å². The van der Waals surface area contributed by atoms with Gasteiger partial charge in [-0.2, -0.15) is 0 Å². The highest BCUT2D eigenvalue weighted by Crippen LogP contribution is 2.18. The van der Waals surface area contributed by atoms with Crippen molar-refractivity contribution in [2.45, 2.75) is 51.6 Å². The van der Waals surface area contributed by atoms with Gasteiger partial charge in [0.1, 0.15) is 12.6 Å². The van der Waals surface area contributed by atoms with E-state index in [9.17, 15) is 14.4 Å². The van der Waals surface area contributed by atoms with E-state index in [1.54, 1.807) is 0 Å². The summed E-state index contributed by atoms with van der Waals surface area (Å²) in [5.41, 5.74) is 0. The van der Waals surface area contributed by atoms with E-state index in [1.165, 1.54) is 7.11 Å². The van der Waals surface area contributed by atoms with E-state index < -0.39 is 6.04 Å². The summed E-state index contributed by atoms with van der Waals surface area (Å²) in [7, 11) is 1.45. The van der Waals surface area contributed by atoms with E-state index in [0.717, 1.165) is 32.2 Å². The molecule has 0 radical (unpaired) electrons. The summed E-state index contributed by atoms with van der Waals surface area (Å²) in [6.07, 6.45) is 3.82. The average Bonchev–Trinajstić information content (AvgIpc) is 3.19. The predicted octanol–water partition coefficient (Wildman–Crippen LogP) is 0.302. The Labute approximate surface area is 173 Å². The van der Waals surface area contributed by atoms with Gasteiger partial charge in [-0.25, -0.2) is 0 Å². The van der Waals surface area contributed by atoms with Gasteiger partial charge in [-0.1, -0.05) is 13.8 Å². The highest BCUT2D eigenvalue weighted by Gasteiger charge is 2.32. The molecule has 2 rings (SSSR count). The monoisotopic (exact) mass is 418 g/mol. The third-order valence-corrected chi connectivity index (χ3v) is 5.30. The molecule has 9 heteroatoms. The molecule has 0 aromatic carbocycles. The number of piperidine rings is 1. The number of methoxy groups -OCH3 is 1. The molecule has 0 aromatic heterocycles. The van der Waals surface area contributed by atoms with Gasteiger partial charge in [0.15, 0.2) is 0 Å². The fraction of sp³-hybridized carbons (Fsp3) is 0.842. The van der Waals surface area contributed by atoms with Crippen LogP contribution in [0, 0.1) is 11.8 Å². The first-order valence-corrected chi connectivity index (χ1v) is 10.0. The Morgan fingerprint density at radius 1 is 1.21 bits per heavy atom. The van der Waals surface area contributed by atoms with Crippen LogP contribution in [0.5, 0.6) is 0 Å². The molecule has 8 nitrogen and oxygen atoms in total. The Bertz CT molecular complexity index is 526. The Morgan fingerprint density at radius 2 is 1.96 bits per heavy atom. The van der Waals surface area contributed by atoms with Crippen LogP contribution in [0.25, 0.3) is 0 Å². The molecule has 0 spiro atoms. The zero-order chi connectivity index (χ0) is 19.8. The number of likely N-dealkylation sites (tertiary alicyclic amines) is 1. The lowest BCUT2D eigenvalue weighted by Gasteiger charge is -2.36. The van der Waals surface area contributed by atoms with Crippen molar-refractivity contribution in [1.82, 2.24) is 20.9 Å². The average molecular weight is 419 g/mol. The number of rotatable bonds is 8. The Balaban J connectivity index is 0.00000392. The molecule has 2 aliphatic rings. The molecule has 3 atom stereocenters. The normalized spacial score (nSPS) is 23.1.